The SMILES string of the molecule is C=C1CCCN1c1ccc(-c2cnc3ccc(OC(C)c4cncc(F)c4)nn23)cc1. The standard InChI is InChI=1S/C24H22FN5O/c1-16-4-3-11-29(16)21-7-5-18(6-8-21)22-15-27-23-9-10-24(28-30(22)23)31-17(2)19-12-20(25)14-26-13-19/h5-10,12-15,17H,1,3-4,11H2,2H3. The second kappa shape index (κ2) is 7.83. The first kappa shape index (κ1) is 19.2. The number of anilines is 1. The summed E-state index contributed by atoms with van der Waals surface area (Å²) in [5.41, 5.74) is 5.55. The number of nitrogens with zero attached hydrogens (tertiary/aromatic N) is 5. The van der Waals surface area contributed by atoms with Crippen LogP contribution >= 0.6 is 0 Å². The largest absolute Gasteiger partial charge is 0.469 e. The number of aromatic nitrogens is 4. The maximum Gasteiger partial charge on any atom is 0.232 e. The lowest BCUT2D eigenvalue weighted by Crippen LogP contribution is -2.15. The number of allylic oxidation sites excluding steroid dienone is 1. The normalized spacial score (nSPS) is 14.9. The smallest absolute Gasteiger partial charge is 0.232 e. The number of halogens is 1. The van der Waals surface area contributed by atoms with Gasteiger partial charge in [0.1, 0.15) is 11.9 Å². The minimum atomic E-state index is -0.395. The van der Waals surface area contributed by atoms with Gasteiger partial charge in [0.25, 0.3) is 0 Å². The first-order valence-electron chi connectivity index (χ1n) is 10.3. The molecule has 156 valence electrons. The Morgan fingerprint density at radius 3 is 2.68 bits per heavy atom. The van der Waals surface area contributed by atoms with E-state index in [0.717, 1.165) is 47.7 Å². The Bertz CT molecular complexity index is 1250. The Morgan fingerprint density at radius 1 is 1.10 bits per heavy atom. The fraction of sp³-hybridized carbons (Fsp3) is 0.208. The van der Waals surface area contributed by atoms with E-state index in [4.69, 9.17) is 4.74 Å². The molecule has 1 atom stereocenters. The molecule has 31 heavy (non-hydrogen) atoms. The van der Waals surface area contributed by atoms with Crippen molar-refractivity contribution >= 4 is 11.3 Å². The van der Waals surface area contributed by atoms with Crippen molar-refractivity contribution in [3.8, 4) is 17.1 Å². The van der Waals surface area contributed by atoms with Crippen LogP contribution in [-0.4, -0.2) is 26.1 Å². The fourth-order valence-corrected chi connectivity index (χ4v) is 3.87. The van der Waals surface area contributed by atoms with E-state index in [2.05, 4.69) is 50.8 Å². The minimum Gasteiger partial charge on any atom is -0.469 e. The lowest BCUT2D eigenvalue weighted by atomic mass is 10.1. The molecule has 1 aromatic carbocycles. The number of pyridine rings is 1. The van der Waals surface area contributed by atoms with Crippen LogP contribution in [0.15, 0.2) is 73.3 Å². The Labute approximate surface area is 179 Å². The highest BCUT2D eigenvalue weighted by molar-refractivity contribution is 5.67. The first-order valence-corrected chi connectivity index (χ1v) is 10.3. The van der Waals surface area contributed by atoms with Crippen molar-refractivity contribution < 1.29 is 9.13 Å². The Balaban J connectivity index is 1.42. The number of benzene rings is 1. The molecule has 0 saturated carbocycles. The number of rotatable bonds is 5. The van der Waals surface area contributed by atoms with E-state index in [1.165, 1.54) is 12.3 Å². The zero-order valence-electron chi connectivity index (χ0n) is 17.2. The molecular formula is C24H22FN5O. The van der Waals surface area contributed by atoms with E-state index in [9.17, 15) is 4.39 Å². The van der Waals surface area contributed by atoms with Crippen LogP contribution in [0, 0.1) is 5.82 Å². The Kier molecular flexibility index (Phi) is 4.86. The monoisotopic (exact) mass is 415 g/mol. The predicted octanol–water partition coefficient (Wildman–Crippen LogP) is 5.18. The Morgan fingerprint density at radius 2 is 1.94 bits per heavy atom. The minimum absolute atomic E-state index is 0.394. The van der Waals surface area contributed by atoms with Crippen LogP contribution in [-0.2, 0) is 0 Å². The van der Waals surface area contributed by atoms with Crippen molar-refractivity contribution in [2.75, 3.05) is 11.4 Å². The second-order valence-electron chi connectivity index (χ2n) is 7.65. The summed E-state index contributed by atoms with van der Waals surface area (Å²) in [6, 6.07) is 13.4. The topological polar surface area (TPSA) is 55.5 Å². The molecule has 0 N–H and O–H groups in total. The van der Waals surface area contributed by atoms with Crippen molar-refractivity contribution in [3.05, 3.63) is 84.7 Å². The molecule has 7 heteroatoms. The molecule has 1 unspecified atom stereocenters. The molecule has 3 aromatic heterocycles. The van der Waals surface area contributed by atoms with Gasteiger partial charge in [-0.1, -0.05) is 18.7 Å². The Hall–Kier alpha value is -3.74. The number of hydrogen-bond donors (Lipinski definition) is 0. The molecule has 5 rings (SSSR count). The van der Waals surface area contributed by atoms with Gasteiger partial charge >= 0.3 is 0 Å². The summed E-state index contributed by atoms with van der Waals surface area (Å²) in [5.74, 6) is 0.0303. The van der Waals surface area contributed by atoms with Crippen LogP contribution < -0.4 is 9.64 Å². The summed E-state index contributed by atoms with van der Waals surface area (Å²) in [5, 5.41) is 4.60. The summed E-state index contributed by atoms with van der Waals surface area (Å²) in [4.78, 5) is 10.6. The lowest BCUT2D eigenvalue weighted by molar-refractivity contribution is 0.213. The van der Waals surface area contributed by atoms with E-state index >= 15 is 0 Å². The molecule has 1 saturated heterocycles. The molecule has 1 aliphatic rings. The van der Waals surface area contributed by atoms with Crippen LogP contribution in [0.5, 0.6) is 5.88 Å². The summed E-state index contributed by atoms with van der Waals surface area (Å²) < 4.78 is 21.2. The highest BCUT2D eigenvalue weighted by atomic mass is 19.1. The van der Waals surface area contributed by atoms with Gasteiger partial charge < -0.3 is 9.64 Å². The molecule has 4 heterocycles. The van der Waals surface area contributed by atoms with Crippen LogP contribution in [0.4, 0.5) is 10.1 Å². The van der Waals surface area contributed by atoms with Gasteiger partial charge in [-0.15, -0.1) is 5.10 Å². The highest BCUT2D eigenvalue weighted by Gasteiger charge is 2.17. The van der Waals surface area contributed by atoms with Crippen molar-refractivity contribution in [3.63, 3.8) is 0 Å². The van der Waals surface area contributed by atoms with Crippen LogP contribution in [0.3, 0.4) is 0 Å². The zero-order valence-corrected chi connectivity index (χ0v) is 17.2. The maximum absolute atomic E-state index is 13.5. The molecule has 0 aliphatic carbocycles. The molecule has 0 amide bonds. The third kappa shape index (κ3) is 3.74. The molecule has 1 fully saturated rings. The van der Waals surface area contributed by atoms with Gasteiger partial charge in [-0.05, 0) is 44.0 Å². The summed E-state index contributed by atoms with van der Waals surface area (Å²) >= 11 is 0. The van der Waals surface area contributed by atoms with E-state index in [1.54, 1.807) is 23.0 Å². The molecular weight excluding hydrogens is 393 g/mol. The van der Waals surface area contributed by atoms with Gasteiger partial charge in [0.2, 0.25) is 5.88 Å². The number of imidazole rings is 1. The van der Waals surface area contributed by atoms with E-state index in [-0.39, 0.29) is 0 Å². The summed E-state index contributed by atoms with van der Waals surface area (Å²) in [7, 11) is 0. The average Bonchev–Trinajstić information content (AvgIpc) is 3.40. The van der Waals surface area contributed by atoms with Gasteiger partial charge in [0, 0.05) is 41.3 Å². The molecule has 0 bridgehead atoms. The molecule has 0 spiro atoms. The first-order chi connectivity index (χ1) is 15.1. The van der Waals surface area contributed by atoms with Crippen LogP contribution in [0.1, 0.15) is 31.4 Å². The highest BCUT2D eigenvalue weighted by Crippen LogP contribution is 2.30. The number of fused-ring (bicyclic) bond motifs is 1. The molecule has 1 aliphatic heterocycles. The molecule has 4 aromatic rings. The fourth-order valence-electron chi connectivity index (χ4n) is 3.87. The van der Waals surface area contributed by atoms with Crippen LogP contribution in [0.2, 0.25) is 0 Å². The van der Waals surface area contributed by atoms with Crippen molar-refractivity contribution in [2.45, 2.75) is 25.9 Å². The molecule has 0 radical (unpaired) electrons. The van der Waals surface area contributed by atoms with Crippen molar-refractivity contribution in [1.29, 1.82) is 0 Å². The van der Waals surface area contributed by atoms with Crippen molar-refractivity contribution in [2.24, 2.45) is 0 Å². The van der Waals surface area contributed by atoms with Crippen molar-refractivity contribution in [1.82, 2.24) is 19.6 Å². The van der Waals surface area contributed by atoms with Gasteiger partial charge in [-0.3, -0.25) is 4.98 Å². The van der Waals surface area contributed by atoms with E-state index in [0.29, 0.717) is 11.4 Å². The lowest BCUT2D eigenvalue weighted by Gasteiger charge is -2.19. The third-order valence-electron chi connectivity index (χ3n) is 5.53. The van der Waals surface area contributed by atoms with E-state index in [1.807, 2.05) is 13.0 Å². The maximum atomic E-state index is 13.5. The third-order valence-corrected chi connectivity index (χ3v) is 5.53. The van der Waals surface area contributed by atoms with E-state index < -0.39 is 11.9 Å². The quantitative estimate of drug-likeness (QED) is 0.449. The predicted molar refractivity (Wildman–Crippen MR) is 117 cm³/mol. The summed E-state index contributed by atoms with van der Waals surface area (Å²) in [6.45, 7) is 6.99. The van der Waals surface area contributed by atoms with Crippen LogP contribution in [0.25, 0.3) is 16.9 Å². The van der Waals surface area contributed by atoms with Gasteiger partial charge in [0.15, 0.2) is 5.65 Å². The van der Waals surface area contributed by atoms with Gasteiger partial charge in [0.05, 0.1) is 18.1 Å². The number of ether oxygens (including phenoxy) is 1. The molecule has 6 nitrogen and oxygen atoms in total. The zero-order chi connectivity index (χ0) is 21.4. The number of hydrogen-bond acceptors (Lipinski definition) is 5. The van der Waals surface area contributed by atoms with Gasteiger partial charge in [-0.25, -0.2) is 13.9 Å². The second-order valence-corrected chi connectivity index (χ2v) is 7.65. The average molecular weight is 415 g/mol. The summed E-state index contributed by atoms with van der Waals surface area (Å²) in [6.07, 6.45) is 6.36. The van der Waals surface area contributed by atoms with Gasteiger partial charge in [-0.2, -0.15) is 0 Å².